The maximum absolute atomic E-state index is 10.2. The maximum Gasteiger partial charge on any atom is 0.322 e. The molecule has 92 valence electrons. The molecule has 0 saturated heterocycles. The third-order valence-electron chi connectivity index (χ3n) is 2.57. The van der Waals surface area contributed by atoms with Crippen LogP contribution in [-0.2, 0) is 14.7 Å². The predicted molar refractivity (Wildman–Crippen MR) is 47.9 cm³/mol. The minimum atomic E-state index is -1.17. The topological polar surface area (TPSA) is 114 Å². The number of nitrogens with zero attached hydrogens (tertiary/aromatic N) is 2. The minimum Gasteiger partial charge on any atom is -0.307 e. The Labute approximate surface area is 90.4 Å². The summed E-state index contributed by atoms with van der Waals surface area (Å²) in [6, 6.07) is 0. The van der Waals surface area contributed by atoms with E-state index in [-0.39, 0.29) is 0 Å². The SMILES string of the molecule is CC1(OO[N+](=O)[O-])CCCCC1O[N+](=O)[O-]. The van der Waals surface area contributed by atoms with E-state index < -0.39 is 21.9 Å². The number of hydrogen-bond acceptors (Lipinski definition) is 7. The first-order valence-electron chi connectivity index (χ1n) is 4.75. The summed E-state index contributed by atoms with van der Waals surface area (Å²) < 4.78 is 0. The average molecular weight is 236 g/mol. The Morgan fingerprint density at radius 1 is 1.25 bits per heavy atom. The third kappa shape index (κ3) is 3.19. The van der Waals surface area contributed by atoms with Gasteiger partial charge >= 0.3 is 5.09 Å². The molecule has 1 rings (SSSR count). The van der Waals surface area contributed by atoms with Crippen molar-refractivity contribution in [3.8, 4) is 0 Å². The molecule has 0 aromatic carbocycles. The zero-order chi connectivity index (χ0) is 12.2. The molecule has 9 nitrogen and oxygen atoms in total. The average Bonchev–Trinajstić information content (AvgIpc) is 2.18. The number of rotatable bonds is 5. The Bertz CT molecular complexity index is 284. The van der Waals surface area contributed by atoms with E-state index in [2.05, 4.69) is 14.7 Å². The van der Waals surface area contributed by atoms with Crippen LogP contribution in [0.2, 0.25) is 0 Å². The summed E-state index contributed by atoms with van der Waals surface area (Å²) >= 11 is 0. The lowest BCUT2D eigenvalue weighted by Gasteiger charge is -2.36. The predicted octanol–water partition coefficient (Wildman–Crippen LogP) is 1.04. The van der Waals surface area contributed by atoms with Gasteiger partial charge in [0, 0.05) is 0 Å². The second kappa shape index (κ2) is 4.92. The molecule has 1 fully saturated rings. The largest absolute Gasteiger partial charge is 0.322 e. The van der Waals surface area contributed by atoms with Crippen molar-refractivity contribution < 1.29 is 24.9 Å². The van der Waals surface area contributed by atoms with Crippen LogP contribution in [0, 0.1) is 20.2 Å². The molecule has 1 aliphatic carbocycles. The molecule has 2 unspecified atom stereocenters. The molecule has 9 heteroatoms. The molecule has 0 amide bonds. The van der Waals surface area contributed by atoms with E-state index in [0.717, 1.165) is 12.8 Å². The Kier molecular flexibility index (Phi) is 3.82. The van der Waals surface area contributed by atoms with Gasteiger partial charge < -0.3 is 4.84 Å². The molecule has 1 saturated carbocycles. The maximum atomic E-state index is 10.2. The summed E-state index contributed by atoms with van der Waals surface area (Å²) in [5, 5.41) is 18.2. The Morgan fingerprint density at radius 2 is 1.94 bits per heavy atom. The van der Waals surface area contributed by atoms with E-state index in [1.807, 2.05) is 0 Å². The summed E-state index contributed by atoms with van der Waals surface area (Å²) in [7, 11) is 0. The van der Waals surface area contributed by atoms with Crippen molar-refractivity contribution in [1.29, 1.82) is 0 Å². The first kappa shape index (κ1) is 12.4. The molecular weight excluding hydrogens is 224 g/mol. The molecule has 0 radical (unpaired) electrons. The lowest BCUT2D eigenvalue weighted by Crippen LogP contribution is -2.47. The Hall–Kier alpha value is -1.64. The van der Waals surface area contributed by atoms with Crippen LogP contribution in [0.25, 0.3) is 0 Å². The highest BCUT2D eigenvalue weighted by atomic mass is 17.3. The fraction of sp³-hybridized carbons (Fsp3) is 1.00. The van der Waals surface area contributed by atoms with Crippen LogP contribution >= 0.6 is 0 Å². The molecule has 0 aliphatic heterocycles. The molecule has 2 atom stereocenters. The summed E-state index contributed by atoms with van der Waals surface area (Å²) in [5.74, 6) is 0. The smallest absolute Gasteiger partial charge is 0.307 e. The molecule has 0 heterocycles. The quantitative estimate of drug-likeness (QED) is 0.397. The van der Waals surface area contributed by atoms with Crippen LogP contribution in [-0.4, -0.2) is 21.9 Å². The van der Waals surface area contributed by atoms with Crippen molar-refractivity contribution in [2.45, 2.75) is 44.3 Å². The molecule has 1 aliphatic rings. The van der Waals surface area contributed by atoms with E-state index in [1.54, 1.807) is 0 Å². The molecule has 0 spiro atoms. The van der Waals surface area contributed by atoms with Crippen LogP contribution in [0.5, 0.6) is 0 Å². The van der Waals surface area contributed by atoms with Gasteiger partial charge in [0.1, 0.15) is 11.7 Å². The monoisotopic (exact) mass is 236 g/mol. The van der Waals surface area contributed by atoms with Crippen molar-refractivity contribution in [3.63, 3.8) is 0 Å². The van der Waals surface area contributed by atoms with Crippen molar-refractivity contribution in [2.24, 2.45) is 0 Å². The summed E-state index contributed by atoms with van der Waals surface area (Å²) in [5.41, 5.74) is -1.17. The van der Waals surface area contributed by atoms with Crippen molar-refractivity contribution in [3.05, 3.63) is 20.2 Å². The van der Waals surface area contributed by atoms with Crippen LogP contribution < -0.4 is 0 Å². The summed E-state index contributed by atoms with van der Waals surface area (Å²) in [4.78, 5) is 33.1. The van der Waals surface area contributed by atoms with Gasteiger partial charge in [0.2, 0.25) is 0 Å². The zero-order valence-electron chi connectivity index (χ0n) is 8.66. The van der Waals surface area contributed by atoms with Crippen molar-refractivity contribution in [1.82, 2.24) is 0 Å². The van der Waals surface area contributed by atoms with E-state index in [9.17, 15) is 20.2 Å². The highest BCUT2D eigenvalue weighted by molar-refractivity contribution is 4.87. The van der Waals surface area contributed by atoms with E-state index in [4.69, 9.17) is 0 Å². The second-order valence-electron chi connectivity index (χ2n) is 3.76. The highest BCUT2D eigenvalue weighted by Gasteiger charge is 2.42. The molecule has 0 N–H and O–H groups in total. The summed E-state index contributed by atoms with van der Waals surface area (Å²) in [6.07, 6.45) is 1.44. The minimum absolute atomic E-state index is 0.401. The van der Waals surface area contributed by atoms with Gasteiger partial charge in [-0.1, -0.05) is 12.8 Å². The van der Waals surface area contributed by atoms with Gasteiger partial charge in [0.05, 0.1) is 0 Å². The fourth-order valence-corrected chi connectivity index (χ4v) is 1.75. The van der Waals surface area contributed by atoms with Crippen molar-refractivity contribution in [2.75, 3.05) is 0 Å². The highest BCUT2D eigenvalue weighted by Crippen LogP contribution is 2.33. The molecular formula is C7H12N2O7. The van der Waals surface area contributed by atoms with Crippen LogP contribution in [0.1, 0.15) is 32.6 Å². The van der Waals surface area contributed by atoms with Crippen LogP contribution in [0.4, 0.5) is 0 Å². The number of hydrogen-bond donors (Lipinski definition) is 0. The standard InChI is InChI=1S/C7H12N2O7/c1-7(15-16-9(12)13)5-3-2-4-6(7)14-8(10)11/h6H,2-5H2,1H3. The van der Waals surface area contributed by atoms with Gasteiger partial charge in [0.25, 0.3) is 5.09 Å². The first-order valence-corrected chi connectivity index (χ1v) is 4.75. The van der Waals surface area contributed by atoms with Crippen LogP contribution in [0.3, 0.4) is 0 Å². The Morgan fingerprint density at radius 3 is 2.50 bits per heavy atom. The molecule has 0 aromatic heterocycles. The molecule has 0 aromatic rings. The van der Waals surface area contributed by atoms with Crippen molar-refractivity contribution >= 4 is 0 Å². The first-order chi connectivity index (χ1) is 7.44. The van der Waals surface area contributed by atoms with Gasteiger partial charge in [-0.3, -0.25) is 0 Å². The van der Waals surface area contributed by atoms with Crippen LogP contribution in [0.15, 0.2) is 0 Å². The van der Waals surface area contributed by atoms with Gasteiger partial charge in [-0.25, -0.2) is 0 Å². The van der Waals surface area contributed by atoms with Gasteiger partial charge in [0.15, 0.2) is 0 Å². The summed E-state index contributed by atoms with van der Waals surface area (Å²) in [6.45, 7) is 1.49. The molecule has 0 bridgehead atoms. The second-order valence-corrected chi connectivity index (χ2v) is 3.76. The van der Waals surface area contributed by atoms with E-state index in [0.29, 0.717) is 12.8 Å². The van der Waals surface area contributed by atoms with E-state index in [1.165, 1.54) is 6.92 Å². The third-order valence-corrected chi connectivity index (χ3v) is 2.57. The van der Waals surface area contributed by atoms with E-state index >= 15 is 0 Å². The zero-order valence-corrected chi connectivity index (χ0v) is 8.66. The lowest BCUT2D eigenvalue weighted by atomic mass is 9.84. The Balaban J connectivity index is 2.62. The lowest BCUT2D eigenvalue weighted by molar-refractivity contribution is -0.864. The van der Waals surface area contributed by atoms with Gasteiger partial charge in [-0.15, -0.1) is 25.2 Å². The normalized spacial score (nSPS) is 29.4. The fourth-order valence-electron chi connectivity index (χ4n) is 1.75. The molecule has 16 heavy (non-hydrogen) atoms. The van der Waals surface area contributed by atoms with Gasteiger partial charge in [-0.2, -0.15) is 4.89 Å². The van der Waals surface area contributed by atoms with Gasteiger partial charge in [-0.05, 0) is 19.8 Å².